The summed E-state index contributed by atoms with van der Waals surface area (Å²) in [5.74, 6) is -0.489. The van der Waals surface area contributed by atoms with Gasteiger partial charge in [0, 0.05) is 0 Å². The van der Waals surface area contributed by atoms with Crippen LogP contribution < -0.4 is 0 Å². The van der Waals surface area contributed by atoms with Crippen molar-refractivity contribution in [2.75, 3.05) is 0 Å². The van der Waals surface area contributed by atoms with Gasteiger partial charge in [-0.3, -0.25) is 0 Å². The van der Waals surface area contributed by atoms with E-state index in [1.54, 1.807) is 0 Å². The Morgan fingerprint density at radius 1 is 1.27 bits per heavy atom. The summed E-state index contributed by atoms with van der Waals surface area (Å²) in [5.41, 5.74) is -0.775. The average Bonchev–Trinajstić information content (AvgIpc) is 1.99. The number of alkyl halides is 3. The van der Waals surface area contributed by atoms with Crippen LogP contribution in [0.3, 0.4) is 0 Å². The summed E-state index contributed by atoms with van der Waals surface area (Å²) in [7, 11) is -3.56. The second kappa shape index (κ2) is 3.84. The molecular formula is C9H8F3O2S. The topological polar surface area (TPSA) is 34.1 Å². The van der Waals surface area contributed by atoms with Crippen LogP contribution in [0, 0.1) is 6.26 Å². The summed E-state index contributed by atoms with van der Waals surface area (Å²) < 4.78 is 58.2. The van der Waals surface area contributed by atoms with Crippen molar-refractivity contribution in [3.8, 4) is 0 Å². The van der Waals surface area contributed by atoms with Gasteiger partial charge in [0.05, 0.1) is 17.6 Å². The predicted molar refractivity (Wildman–Crippen MR) is 49.4 cm³/mol. The van der Waals surface area contributed by atoms with Crippen molar-refractivity contribution in [1.29, 1.82) is 0 Å². The van der Waals surface area contributed by atoms with E-state index in [1.165, 1.54) is 12.1 Å². The highest BCUT2D eigenvalue weighted by atomic mass is 32.2. The summed E-state index contributed by atoms with van der Waals surface area (Å²) in [6, 6.07) is 4.18. The predicted octanol–water partition coefficient (Wildman–Crippen LogP) is 2.41. The molecular weight excluding hydrogens is 229 g/mol. The molecule has 83 valence electrons. The highest BCUT2D eigenvalue weighted by Gasteiger charge is 2.30. The van der Waals surface area contributed by atoms with E-state index in [-0.39, 0.29) is 5.56 Å². The van der Waals surface area contributed by atoms with Gasteiger partial charge in [0.15, 0.2) is 9.84 Å². The fraction of sp³-hybridized carbons (Fsp3) is 0.222. The maximum atomic E-state index is 12.2. The Labute approximate surface area is 85.6 Å². The van der Waals surface area contributed by atoms with Crippen molar-refractivity contribution < 1.29 is 21.6 Å². The Morgan fingerprint density at radius 2 is 1.87 bits per heavy atom. The van der Waals surface area contributed by atoms with Crippen LogP contribution in [0.1, 0.15) is 11.1 Å². The van der Waals surface area contributed by atoms with Gasteiger partial charge >= 0.3 is 6.18 Å². The SMILES string of the molecule is [CH2]S(=O)(=O)Cc1cccc(C(F)(F)F)c1. The standard InChI is InChI=1S/C9H8F3O2S/c1-15(13,14)6-7-3-2-4-8(5-7)9(10,11)12/h2-5H,1,6H2. The average molecular weight is 237 g/mol. The zero-order valence-electron chi connectivity index (χ0n) is 7.58. The van der Waals surface area contributed by atoms with E-state index in [9.17, 15) is 21.6 Å². The molecule has 0 unspecified atom stereocenters. The van der Waals surface area contributed by atoms with Gasteiger partial charge in [-0.05, 0) is 11.6 Å². The Balaban J connectivity index is 3.04. The van der Waals surface area contributed by atoms with E-state index in [2.05, 4.69) is 6.26 Å². The van der Waals surface area contributed by atoms with E-state index in [4.69, 9.17) is 0 Å². The first kappa shape index (κ1) is 12.0. The minimum absolute atomic E-state index is 0.0832. The lowest BCUT2D eigenvalue weighted by Gasteiger charge is -2.07. The smallest absolute Gasteiger partial charge is 0.228 e. The van der Waals surface area contributed by atoms with Crippen molar-refractivity contribution in [2.24, 2.45) is 0 Å². The first-order valence-electron chi connectivity index (χ1n) is 3.90. The molecule has 15 heavy (non-hydrogen) atoms. The van der Waals surface area contributed by atoms with E-state index >= 15 is 0 Å². The van der Waals surface area contributed by atoms with Crippen LogP contribution in [-0.2, 0) is 21.8 Å². The van der Waals surface area contributed by atoms with E-state index in [1.807, 2.05) is 0 Å². The number of sulfone groups is 1. The van der Waals surface area contributed by atoms with Crippen molar-refractivity contribution in [1.82, 2.24) is 0 Å². The summed E-state index contributed by atoms with van der Waals surface area (Å²) in [6.45, 7) is 0. The number of hydrogen-bond acceptors (Lipinski definition) is 2. The molecule has 6 heteroatoms. The second-order valence-corrected chi connectivity index (χ2v) is 4.86. The largest absolute Gasteiger partial charge is 0.416 e. The van der Waals surface area contributed by atoms with Crippen molar-refractivity contribution >= 4 is 9.84 Å². The van der Waals surface area contributed by atoms with E-state index in [0.717, 1.165) is 12.1 Å². The molecule has 1 rings (SSSR count). The molecule has 0 aliphatic rings. The molecule has 0 heterocycles. The molecule has 0 fully saturated rings. The van der Waals surface area contributed by atoms with Crippen LogP contribution in [0.15, 0.2) is 24.3 Å². The molecule has 1 radical (unpaired) electrons. The lowest BCUT2D eigenvalue weighted by Crippen LogP contribution is -2.06. The molecule has 2 nitrogen and oxygen atoms in total. The fourth-order valence-corrected chi connectivity index (χ4v) is 1.78. The maximum absolute atomic E-state index is 12.2. The molecule has 0 aliphatic carbocycles. The third kappa shape index (κ3) is 3.91. The Morgan fingerprint density at radius 3 is 2.33 bits per heavy atom. The first-order valence-corrected chi connectivity index (χ1v) is 5.72. The van der Waals surface area contributed by atoms with Gasteiger partial charge in [0.2, 0.25) is 0 Å². The normalized spacial score (nSPS) is 12.8. The summed E-state index contributed by atoms with van der Waals surface area (Å²) in [4.78, 5) is 0. The van der Waals surface area contributed by atoms with Crippen molar-refractivity contribution in [3.63, 3.8) is 0 Å². The third-order valence-corrected chi connectivity index (χ3v) is 2.41. The zero-order chi connectivity index (χ0) is 11.7. The van der Waals surface area contributed by atoms with Gasteiger partial charge in [-0.1, -0.05) is 18.2 Å². The minimum Gasteiger partial charge on any atom is -0.228 e. The van der Waals surface area contributed by atoms with Gasteiger partial charge in [-0.2, -0.15) is 13.2 Å². The molecule has 0 atom stereocenters. The second-order valence-electron chi connectivity index (χ2n) is 3.09. The van der Waals surface area contributed by atoms with Crippen LogP contribution >= 0.6 is 0 Å². The molecule has 1 aromatic carbocycles. The minimum atomic E-state index is -4.46. The van der Waals surface area contributed by atoms with E-state index < -0.39 is 27.3 Å². The molecule has 0 saturated carbocycles. The number of rotatable bonds is 2. The monoisotopic (exact) mass is 237 g/mol. The highest BCUT2D eigenvalue weighted by molar-refractivity contribution is 7.91. The van der Waals surface area contributed by atoms with E-state index in [0.29, 0.717) is 0 Å². The highest BCUT2D eigenvalue weighted by Crippen LogP contribution is 2.29. The lowest BCUT2D eigenvalue weighted by atomic mass is 10.1. The lowest BCUT2D eigenvalue weighted by molar-refractivity contribution is -0.137. The van der Waals surface area contributed by atoms with Crippen LogP contribution in [0.2, 0.25) is 0 Å². The molecule has 0 bridgehead atoms. The Bertz CT molecular complexity index is 449. The van der Waals surface area contributed by atoms with Crippen molar-refractivity contribution in [3.05, 3.63) is 41.6 Å². The molecule has 0 aliphatic heterocycles. The van der Waals surface area contributed by atoms with Crippen LogP contribution in [0.5, 0.6) is 0 Å². The molecule has 0 saturated heterocycles. The Kier molecular flexibility index (Phi) is 3.08. The number of benzene rings is 1. The summed E-state index contributed by atoms with van der Waals surface area (Å²) >= 11 is 0. The number of halogens is 3. The summed E-state index contributed by atoms with van der Waals surface area (Å²) in [5, 5.41) is 0. The quantitative estimate of drug-likeness (QED) is 0.791. The van der Waals surface area contributed by atoms with Gasteiger partial charge < -0.3 is 0 Å². The van der Waals surface area contributed by atoms with Gasteiger partial charge in [-0.15, -0.1) is 0 Å². The molecule has 0 N–H and O–H groups in total. The van der Waals surface area contributed by atoms with Crippen LogP contribution in [0.4, 0.5) is 13.2 Å². The zero-order valence-corrected chi connectivity index (χ0v) is 8.40. The Hall–Kier alpha value is -1.04. The summed E-state index contributed by atoms with van der Waals surface area (Å²) in [6.07, 6.45) is -1.61. The maximum Gasteiger partial charge on any atom is 0.416 e. The fourth-order valence-electron chi connectivity index (χ4n) is 1.09. The molecule has 0 spiro atoms. The van der Waals surface area contributed by atoms with Crippen LogP contribution in [0.25, 0.3) is 0 Å². The van der Waals surface area contributed by atoms with Gasteiger partial charge in [0.25, 0.3) is 0 Å². The third-order valence-electron chi connectivity index (χ3n) is 1.64. The van der Waals surface area contributed by atoms with Crippen molar-refractivity contribution in [2.45, 2.75) is 11.9 Å². The molecule has 0 amide bonds. The molecule has 0 aromatic heterocycles. The van der Waals surface area contributed by atoms with Gasteiger partial charge in [0.1, 0.15) is 0 Å². The van der Waals surface area contributed by atoms with Crippen LogP contribution in [-0.4, -0.2) is 8.42 Å². The first-order chi connectivity index (χ1) is 6.68. The molecule has 1 aromatic rings. The number of hydrogen-bond donors (Lipinski definition) is 0. The van der Waals surface area contributed by atoms with Gasteiger partial charge in [-0.25, -0.2) is 8.42 Å².